The second kappa shape index (κ2) is 17.0. The van der Waals surface area contributed by atoms with Gasteiger partial charge in [-0.05, 0) is 75.0 Å². The Kier molecular flexibility index (Phi) is 13.4. The van der Waals surface area contributed by atoms with Crippen molar-refractivity contribution in [1.82, 2.24) is 21.3 Å². The number of carbonyl (C=O) groups is 4. The fourth-order valence-corrected chi connectivity index (χ4v) is 8.69. The first-order valence-electron chi connectivity index (χ1n) is 18.2. The van der Waals surface area contributed by atoms with Crippen molar-refractivity contribution in [2.75, 3.05) is 0 Å². The fourth-order valence-electron chi connectivity index (χ4n) is 8.69. The van der Waals surface area contributed by atoms with Gasteiger partial charge in [0.2, 0.25) is 23.6 Å². The second-order valence-electron chi connectivity index (χ2n) is 15.6. The van der Waals surface area contributed by atoms with Crippen molar-refractivity contribution in [3.63, 3.8) is 0 Å². The van der Waals surface area contributed by atoms with Gasteiger partial charge in [0.25, 0.3) is 0 Å². The standard InChI is InChI=1S/C36H62N4O4/c1-23-9-5-13-27(17-23)37-33(41)21-31(35(43)39-29-15-7-11-25(3)19-29)32(36(44)40-30-16-8-12-26(4)20-30)22-34(42)38-28-14-6-10-24(2)18-28/h23-32H,5-22H2,1-4H3,(H,37,41)(H,38,42)(H,39,43)(H,40,44). The molecule has 0 bridgehead atoms. The quantitative estimate of drug-likeness (QED) is 0.236. The molecule has 0 heterocycles. The van der Waals surface area contributed by atoms with Crippen LogP contribution in [-0.2, 0) is 19.2 Å². The maximum absolute atomic E-state index is 14.1. The molecule has 8 nitrogen and oxygen atoms in total. The van der Waals surface area contributed by atoms with Gasteiger partial charge in [-0.15, -0.1) is 0 Å². The SMILES string of the molecule is CC1CCCC(NC(=O)CC(C(=O)NC2CCCC(C)C2)C(CC(=O)NC2CCCC(C)C2)C(=O)NC2CCCC(C)C2)C1. The lowest BCUT2D eigenvalue weighted by Crippen LogP contribution is -2.51. The first kappa shape index (κ1) is 34.7. The van der Waals surface area contributed by atoms with E-state index in [0.717, 1.165) is 89.9 Å². The van der Waals surface area contributed by atoms with Gasteiger partial charge in [-0.3, -0.25) is 19.2 Å². The van der Waals surface area contributed by atoms with Crippen LogP contribution in [0.5, 0.6) is 0 Å². The molecule has 0 radical (unpaired) electrons. The first-order valence-corrected chi connectivity index (χ1v) is 18.2. The van der Waals surface area contributed by atoms with Crippen LogP contribution in [0.25, 0.3) is 0 Å². The zero-order valence-corrected chi connectivity index (χ0v) is 28.1. The molecule has 4 aliphatic carbocycles. The third kappa shape index (κ3) is 11.0. The third-order valence-corrected chi connectivity index (χ3v) is 11.1. The van der Waals surface area contributed by atoms with E-state index in [4.69, 9.17) is 0 Å². The number of carbonyl (C=O) groups excluding carboxylic acids is 4. The normalized spacial score (nSPS) is 34.2. The summed E-state index contributed by atoms with van der Waals surface area (Å²) in [5.74, 6) is -0.511. The van der Waals surface area contributed by atoms with Crippen LogP contribution >= 0.6 is 0 Å². The zero-order valence-electron chi connectivity index (χ0n) is 28.1. The summed E-state index contributed by atoms with van der Waals surface area (Å²) < 4.78 is 0. The minimum absolute atomic E-state index is 0.0384. The highest BCUT2D eigenvalue weighted by Crippen LogP contribution is 2.30. The minimum atomic E-state index is -0.898. The average Bonchev–Trinajstić information content (AvgIpc) is 2.95. The summed E-state index contributed by atoms with van der Waals surface area (Å²) in [5.41, 5.74) is 0. The molecule has 4 fully saturated rings. The van der Waals surface area contributed by atoms with Crippen molar-refractivity contribution in [2.45, 2.75) is 167 Å². The van der Waals surface area contributed by atoms with E-state index in [2.05, 4.69) is 49.0 Å². The number of hydrogen-bond donors (Lipinski definition) is 4. The molecule has 4 amide bonds. The molecule has 4 aliphatic rings. The summed E-state index contributed by atoms with van der Waals surface area (Å²) in [6, 6.07) is 0.274. The first-order chi connectivity index (χ1) is 21.0. The van der Waals surface area contributed by atoms with Gasteiger partial charge in [-0.1, -0.05) is 79.1 Å². The lowest BCUT2D eigenvalue weighted by Gasteiger charge is -2.34. The molecule has 44 heavy (non-hydrogen) atoms. The topological polar surface area (TPSA) is 116 Å². The summed E-state index contributed by atoms with van der Waals surface area (Å²) in [5, 5.41) is 12.9. The number of amides is 4. The van der Waals surface area contributed by atoms with Crippen LogP contribution in [0.3, 0.4) is 0 Å². The van der Waals surface area contributed by atoms with Gasteiger partial charge in [0, 0.05) is 37.0 Å². The van der Waals surface area contributed by atoms with E-state index >= 15 is 0 Å². The summed E-state index contributed by atoms with van der Waals surface area (Å²) in [7, 11) is 0. The monoisotopic (exact) mass is 614 g/mol. The predicted molar refractivity (Wildman–Crippen MR) is 174 cm³/mol. The van der Waals surface area contributed by atoms with Gasteiger partial charge in [0.15, 0.2) is 0 Å². The van der Waals surface area contributed by atoms with Crippen molar-refractivity contribution in [3.05, 3.63) is 0 Å². The van der Waals surface area contributed by atoms with E-state index < -0.39 is 11.8 Å². The fraction of sp³-hybridized carbons (Fsp3) is 0.889. The Balaban J connectivity index is 1.53. The summed E-state index contributed by atoms with van der Waals surface area (Å²) in [6.07, 6.45) is 16.2. The minimum Gasteiger partial charge on any atom is -0.353 e. The van der Waals surface area contributed by atoms with Gasteiger partial charge in [0.1, 0.15) is 0 Å². The Morgan fingerprint density at radius 3 is 1.00 bits per heavy atom. The Bertz CT molecular complexity index is 896. The van der Waals surface area contributed by atoms with Gasteiger partial charge >= 0.3 is 0 Å². The van der Waals surface area contributed by atoms with Crippen LogP contribution in [0, 0.1) is 35.5 Å². The van der Waals surface area contributed by atoms with Crippen LogP contribution in [0.1, 0.15) is 143 Å². The highest BCUT2D eigenvalue weighted by molar-refractivity contribution is 5.94. The molecule has 0 aromatic rings. The lowest BCUT2D eigenvalue weighted by molar-refractivity contribution is -0.141. The lowest BCUT2D eigenvalue weighted by atomic mass is 9.81. The van der Waals surface area contributed by atoms with Gasteiger partial charge in [0.05, 0.1) is 11.8 Å². The van der Waals surface area contributed by atoms with E-state index in [1.54, 1.807) is 0 Å². The summed E-state index contributed by atoms with van der Waals surface area (Å²) in [4.78, 5) is 55.3. The third-order valence-electron chi connectivity index (χ3n) is 11.1. The predicted octanol–water partition coefficient (Wildman–Crippen LogP) is 5.78. The molecule has 10 unspecified atom stereocenters. The number of nitrogens with one attached hydrogen (secondary N) is 4. The van der Waals surface area contributed by atoms with Crippen LogP contribution in [0.15, 0.2) is 0 Å². The zero-order chi connectivity index (χ0) is 31.6. The van der Waals surface area contributed by atoms with Crippen molar-refractivity contribution in [2.24, 2.45) is 35.5 Å². The molecule has 4 saturated carbocycles. The molecule has 4 rings (SSSR count). The molecule has 0 aliphatic heterocycles. The second-order valence-corrected chi connectivity index (χ2v) is 15.6. The molecule has 0 saturated heterocycles. The Morgan fingerprint density at radius 2 is 0.727 bits per heavy atom. The highest BCUT2D eigenvalue weighted by Gasteiger charge is 2.40. The van der Waals surface area contributed by atoms with E-state index in [1.165, 1.54) is 12.8 Å². The molecular formula is C36H62N4O4. The van der Waals surface area contributed by atoms with Crippen LogP contribution in [0.4, 0.5) is 0 Å². The van der Waals surface area contributed by atoms with Crippen LogP contribution < -0.4 is 21.3 Å². The molecule has 0 aromatic carbocycles. The van der Waals surface area contributed by atoms with Crippen molar-refractivity contribution in [1.29, 1.82) is 0 Å². The van der Waals surface area contributed by atoms with Gasteiger partial charge < -0.3 is 21.3 Å². The Hall–Kier alpha value is -2.12. The summed E-state index contributed by atoms with van der Waals surface area (Å²) >= 11 is 0. The van der Waals surface area contributed by atoms with Crippen molar-refractivity contribution >= 4 is 23.6 Å². The van der Waals surface area contributed by atoms with E-state index in [-0.39, 0.29) is 60.6 Å². The summed E-state index contributed by atoms with van der Waals surface area (Å²) in [6.45, 7) is 8.87. The maximum atomic E-state index is 14.1. The van der Waals surface area contributed by atoms with Crippen molar-refractivity contribution in [3.8, 4) is 0 Å². The highest BCUT2D eigenvalue weighted by atomic mass is 16.2. The van der Waals surface area contributed by atoms with Crippen LogP contribution in [-0.4, -0.2) is 47.8 Å². The van der Waals surface area contributed by atoms with E-state index in [9.17, 15) is 19.2 Å². The number of hydrogen-bond acceptors (Lipinski definition) is 4. The van der Waals surface area contributed by atoms with Gasteiger partial charge in [-0.25, -0.2) is 0 Å². The molecule has 4 N–H and O–H groups in total. The Morgan fingerprint density at radius 1 is 0.455 bits per heavy atom. The molecular weight excluding hydrogens is 552 g/mol. The van der Waals surface area contributed by atoms with Crippen LogP contribution in [0.2, 0.25) is 0 Å². The maximum Gasteiger partial charge on any atom is 0.224 e. The molecule has 250 valence electrons. The van der Waals surface area contributed by atoms with E-state index in [1.807, 2.05) is 0 Å². The molecule has 10 atom stereocenters. The molecule has 0 spiro atoms. The number of rotatable bonds is 11. The van der Waals surface area contributed by atoms with Crippen molar-refractivity contribution < 1.29 is 19.2 Å². The van der Waals surface area contributed by atoms with Gasteiger partial charge in [-0.2, -0.15) is 0 Å². The molecule has 8 heteroatoms. The average molecular weight is 615 g/mol. The largest absolute Gasteiger partial charge is 0.353 e. The molecule has 0 aromatic heterocycles. The van der Waals surface area contributed by atoms with E-state index in [0.29, 0.717) is 23.7 Å². The Labute approximate surface area is 266 Å². The smallest absolute Gasteiger partial charge is 0.224 e.